The second-order valence-corrected chi connectivity index (χ2v) is 6.23. The summed E-state index contributed by atoms with van der Waals surface area (Å²) >= 11 is 0. The summed E-state index contributed by atoms with van der Waals surface area (Å²) in [5, 5.41) is 1.38. The van der Waals surface area contributed by atoms with E-state index in [1.165, 1.54) is 16.5 Å². The third kappa shape index (κ3) is 2.82. The summed E-state index contributed by atoms with van der Waals surface area (Å²) in [6.07, 6.45) is 4.15. The molecule has 0 spiro atoms. The van der Waals surface area contributed by atoms with Crippen LogP contribution in [-0.4, -0.2) is 40.6 Å². The number of pyridine rings is 1. The fourth-order valence-corrected chi connectivity index (χ4v) is 3.47. The number of fused-ring (bicyclic) bond motifs is 1. The van der Waals surface area contributed by atoms with E-state index in [0.29, 0.717) is 0 Å². The number of nitrogens with zero attached hydrogens (tertiary/aromatic N) is 4. The first-order valence-corrected chi connectivity index (χ1v) is 8.22. The van der Waals surface area contributed by atoms with Crippen LogP contribution in [0.3, 0.4) is 0 Å². The van der Waals surface area contributed by atoms with Gasteiger partial charge >= 0.3 is 0 Å². The topological polar surface area (TPSA) is 24.3 Å². The van der Waals surface area contributed by atoms with Crippen molar-refractivity contribution in [2.24, 2.45) is 7.05 Å². The Balaban J connectivity index is 1.45. The standard InChI is InChI=1S/C19H22N4/c1-21-14-16(17-6-2-3-7-18(17)21)15-22-10-12-23(13-11-22)19-8-4-5-9-20-19/h2-9,14H,10-13,15H2,1H3. The van der Waals surface area contributed by atoms with Crippen LogP contribution < -0.4 is 4.90 Å². The molecule has 0 unspecified atom stereocenters. The van der Waals surface area contributed by atoms with Crippen molar-refractivity contribution in [3.8, 4) is 0 Å². The molecule has 1 fully saturated rings. The van der Waals surface area contributed by atoms with Gasteiger partial charge in [-0.2, -0.15) is 0 Å². The Bertz CT molecular complexity index is 785. The smallest absolute Gasteiger partial charge is 0.128 e. The molecule has 118 valence electrons. The van der Waals surface area contributed by atoms with Crippen molar-refractivity contribution in [2.75, 3.05) is 31.1 Å². The highest BCUT2D eigenvalue weighted by atomic mass is 15.3. The van der Waals surface area contributed by atoms with Gasteiger partial charge in [0.05, 0.1) is 0 Å². The molecule has 0 N–H and O–H groups in total. The molecule has 4 rings (SSSR count). The van der Waals surface area contributed by atoms with Gasteiger partial charge in [-0.15, -0.1) is 0 Å². The Morgan fingerprint density at radius 1 is 0.957 bits per heavy atom. The van der Waals surface area contributed by atoms with Gasteiger partial charge in [0.15, 0.2) is 0 Å². The van der Waals surface area contributed by atoms with Gasteiger partial charge in [-0.3, -0.25) is 4.90 Å². The predicted octanol–water partition coefficient (Wildman–Crippen LogP) is 2.90. The van der Waals surface area contributed by atoms with E-state index in [2.05, 4.69) is 69.0 Å². The number of benzene rings is 1. The zero-order chi connectivity index (χ0) is 15.6. The van der Waals surface area contributed by atoms with E-state index in [4.69, 9.17) is 0 Å². The molecule has 2 aromatic heterocycles. The lowest BCUT2D eigenvalue weighted by atomic mass is 10.1. The number of aromatic nitrogens is 2. The summed E-state index contributed by atoms with van der Waals surface area (Å²) in [6.45, 7) is 5.28. The van der Waals surface area contributed by atoms with Crippen LogP contribution in [0.5, 0.6) is 0 Å². The molecule has 1 aliphatic heterocycles. The molecule has 0 saturated carbocycles. The quantitative estimate of drug-likeness (QED) is 0.743. The zero-order valence-electron chi connectivity index (χ0n) is 13.5. The largest absolute Gasteiger partial charge is 0.354 e. The summed E-state index contributed by atoms with van der Waals surface area (Å²) in [7, 11) is 2.13. The van der Waals surface area contributed by atoms with Gasteiger partial charge in [0.2, 0.25) is 0 Å². The lowest BCUT2D eigenvalue weighted by Gasteiger charge is -2.35. The monoisotopic (exact) mass is 306 g/mol. The van der Waals surface area contributed by atoms with Crippen LogP contribution in [0.4, 0.5) is 5.82 Å². The summed E-state index contributed by atoms with van der Waals surface area (Å²) < 4.78 is 2.23. The number of para-hydroxylation sites is 1. The van der Waals surface area contributed by atoms with E-state index in [1.807, 2.05) is 12.3 Å². The van der Waals surface area contributed by atoms with E-state index >= 15 is 0 Å². The Morgan fingerprint density at radius 2 is 1.74 bits per heavy atom. The molecule has 1 saturated heterocycles. The minimum atomic E-state index is 1.03. The molecule has 3 aromatic rings. The van der Waals surface area contributed by atoms with E-state index in [-0.39, 0.29) is 0 Å². The van der Waals surface area contributed by atoms with Crippen molar-refractivity contribution in [1.82, 2.24) is 14.5 Å². The van der Waals surface area contributed by atoms with Crippen LogP contribution in [-0.2, 0) is 13.6 Å². The Kier molecular flexibility index (Phi) is 3.75. The number of anilines is 1. The van der Waals surface area contributed by atoms with Crippen LogP contribution in [0.25, 0.3) is 10.9 Å². The molecule has 0 radical (unpaired) electrons. The van der Waals surface area contributed by atoms with Crippen molar-refractivity contribution in [3.63, 3.8) is 0 Å². The molecule has 0 bridgehead atoms. The SMILES string of the molecule is Cn1cc(CN2CCN(c3ccccn3)CC2)c2ccccc21. The number of hydrogen-bond acceptors (Lipinski definition) is 3. The van der Waals surface area contributed by atoms with Gasteiger partial charge in [-0.05, 0) is 23.8 Å². The number of hydrogen-bond donors (Lipinski definition) is 0. The number of aryl methyl sites for hydroxylation is 1. The van der Waals surface area contributed by atoms with Crippen molar-refractivity contribution >= 4 is 16.7 Å². The van der Waals surface area contributed by atoms with Gasteiger partial charge in [0, 0.05) is 63.1 Å². The molecule has 23 heavy (non-hydrogen) atoms. The third-order valence-electron chi connectivity index (χ3n) is 4.72. The molecular weight excluding hydrogens is 284 g/mol. The maximum atomic E-state index is 4.46. The van der Waals surface area contributed by atoms with Gasteiger partial charge < -0.3 is 9.47 Å². The van der Waals surface area contributed by atoms with Gasteiger partial charge in [0.25, 0.3) is 0 Å². The van der Waals surface area contributed by atoms with Crippen LogP contribution in [0.2, 0.25) is 0 Å². The summed E-state index contributed by atoms with van der Waals surface area (Å²) in [5.41, 5.74) is 2.74. The van der Waals surface area contributed by atoms with Crippen molar-refractivity contribution in [1.29, 1.82) is 0 Å². The highest BCUT2D eigenvalue weighted by molar-refractivity contribution is 5.83. The van der Waals surface area contributed by atoms with Crippen LogP contribution >= 0.6 is 0 Å². The highest BCUT2D eigenvalue weighted by Gasteiger charge is 2.19. The summed E-state index contributed by atoms with van der Waals surface area (Å²) in [4.78, 5) is 9.38. The predicted molar refractivity (Wildman–Crippen MR) is 94.6 cm³/mol. The maximum absolute atomic E-state index is 4.46. The number of rotatable bonds is 3. The normalized spacial score (nSPS) is 16.1. The van der Waals surface area contributed by atoms with E-state index < -0.39 is 0 Å². The molecule has 1 aromatic carbocycles. The lowest BCUT2D eigenvalue weighted by molar-refractivity contribution is 0.250. The fourth-order valence-electron chi connectivity index (χ4n) is 3.47. The Morgan fingerprint density at radius 3 is 2.52 bits per heavy atom. The van der Waals surface area contributed by atoms with Gasteiger partial charge in [-0.25, -0.2) is 4.98 Å². The lowest BCUT2D eigenvalue weighted by Crippen LogP contribution is -2.46. The minimum Gasteiger partial charge on any atom is -0.354 e. The van der Waals surface area contributed by atoms with Crippen molar-refractivity contribution < 1.29 is 0 Å². The highest BCUT2D eigenvalue weighted by Crippen LogP contribution is 2.22. The maximum Gasteiger partial charge on any atom is 0.128 e. The second kappa shape index (κ2) is 6.05. The first-order valence-electron chi connectivity index (χ1n) is 8.22. The number of piperazine rings is 1. The second-order valence-electron chi connectivity index (χ2n) is 6.23. The Hall–Kier alpha value is -2.33. The van der Waals surface area contributed by atoms with E-state index in [1.54, 1.807) is 0 Å². The minimum absolute atomic E-state index is 1.03. The molecule has 4 nitrogen and oxygen atoms in total. The molecule has 4 heteroatoms. The van der Waals surface area contributed by atoms with Crippen molar-refractivity contribution in [2.45, 2.75) is 6.54 Å². The van der Waals surface area contributed by atoms with Crippen LogP contribution in [0.1, 0.15) is 5.56 Å². The molecule has 3 heterocycles. The molecule has 0 amide bonds. The zero-order valence-corrected chi connectivity index (χ0v) is 13.5. The van der Waals surface area contributed by atoms with Crippen LogP contribution in [0.15, 0.2) is 54.9 Å². The fraction of sp³-hybridized carbons (Fsp3) is 0.316. The Labute approximate surface area is 137 Å². The average Bonchev–Trinajstić information content (AvgIpc) is 2.93. The van der Waals surface area contributed by atoms with Gasteiger partial charge in [-0.1, -0.05) is 24.3 Å². The molecule has 0 atom stereocenters. The first-order chi connectivity index (χ1) is 11.3. The summed E-state index contributed by atoms with van der Waals surface area (Å²) in [5.74, 6) is 1.09. The summed E-state index contributed by atoms with van der Waals surface area (Å²) in [6, 6.07) is 14.8. The van der Waals surface area contributed by atoms with Gasteiger partial charge in [0.1, 0.15) is 5.82 Å². The van der Waals surface area contributed by atoms with Crippen molar-refractivity contribution in [3.05, 3.63) is 60.4 Å². The van der Waals surface area contributed by atoms with E-state index in [0.717, 1.165) is 38.5 Å². The third-order valence-corrected chi connectivity index (χ3v) is 4.72. The average molecular weight is 306 g/mol. The first kappa shape index (κ1) is 14.3. The van der Waals surface area contributed by atoms with E-state index in [9.17, 15) is 0 Å². The molecule has 0 aliphatic carbocycles. The molecular formula is C19H22N4. The van der Waals surface area contributed by atoms with Crippen LogP contribution in [0, 0.1) is 0 Å². The molecule has 1 aliphatic rings.